The second kappa shape index (κ2) is 6.16. The second-order valence-corrected chi connectivity index (χ2v) is 6.89. The number of ether oxygens (including phenoxy) is 2. The van der Waals surface area contributed by atoms with E-state index in [0.29, 0.717) is 6.04 Å². The molecule has 112 valence electrons. The Morgan fingerprint density at radius 3 is 2.52 bits per heavy atom. The average molecular weight is 324 g/mol. The maximum absolute atomic E-state index is 6.17. The molecule has 1 atom stereocenters. The lowest BCUT2D eigenvalue weighted by molar-refractivity contribution is 0.394. The summed E-state index contributed by atoms with van der Waals surface area (Å²) < 4.78 is 11.5. The van der Waals surface area contributed by atoms with Gasteiger partial charge in [-0.2, -0.15) is 0 Å². The molecule has 0 aliphatic heterocycles. The van der Waals surface area contributed by atoms with Crippen LogP contribution in [0.25, 0.3) is 0 Å². The summed E-state index contributed by atoms with van der Waals surface area (Å²) in [7, 11) is 3.33. The minimum absolute atomic E-state index is 0.300. The summed E-state index contributed by atoms with van der Waals surface area (Å²) in [5, 5.41) is 3.59. The summed E-state index contributed by atoms with van der Waals surface area (Å²) in [4.78, 5) is 1.40. The van der Waals surface area contributed by atoms with Gasteiger partial charge in [0.25, 0.3) is 0 Å². The van der Waals surface area contributed by atoms with Crippen LogP contribution in [-0.2, 0) is 6.42 Å². The first-order chi connectivity index (χ1) is 10.2. The zero-order chi connectivity index (χ0) is 14.8. The molecule has 5 heteroatoms. The van der Waals surface area contributed by atoms with Crippen molar-refractivity contribution in [1.29, 1.82) is 0 Å². The van der Waals surface area contributed by atoms with Gasteiger partial charge in [0.05, 0.1) is 24.6 Å². The van der Waals surface area contributed by atoms with Crippen molar-refractivity contribution >= 4 is 28.6 Å². The Balaban J connectivity index is 1.87. The van der Waals surface area contributed by atoms with Gasteiger partial charge in [0.2, 0.25) is 0 Å². The van der Waals surface area contributed by atoms with Crippen LogP contribution < -0.4 is 14.8 Å². The fourth-order valence-corrected chi connectivity index (χ4v) is 4.15. The van der Waals surface area contributed by atoms with Gasteiger partial charge < -0.3 is 14.8 Å². The third-order valence-corrected chi connectivity index (χ3v) is 5.12. The number of thiophene rings is 1. The molecule has 1 aromatic heterocycles. The van der Waals surface area contributed by atoms with Crippen molar-refractivity contribution in [3.8, 4) is 11.5 Å². The molecule has 1 aromatic carbocycles. The average Bonchev–Trinajstić information content (AvgIpc) is 2.88. The molecule has 0 fully saturated rings. The minimum atomic E-state index is 0.300. The molecule has 0 amide bonds. The van der Waals surface area contributed by atoms with E-state index in [-0.39, 0.29) is 0 Å². The van der Waals surface area contributed by atoms with Crippen molar-refractivity contribution in [3.05, 3.63) is 39.0 Å². The number of methoxy groups -OCH3 is 2. The molecule has 0 spiro atoms. The summed E-state index contributed by atoms with van der Waals surface area (Å²) in [5.74, 6) is 1.58. The van der Waals surface area contributed by atoms with Crippen LogP contribution in [0.3, 0.4) is 0 Å². The highest BCUT2D eigenvalue weighted by atomic mass is 35.5. The van der Waals surface area contributed by atoms with Crippen LogP contribution >= 0.6 is 22.9 Å². The lowest BCUT2D eigenvalue weighted by Gasteiger charge is -2.25. The molecule has 1 aliphatic rings. The van der Waals surface area contributed by atoms with Crippen molar-refractivity contribution in [2.45, 2.75) is 25.3 Å². The Morgan fingerprint density at radius 1 is 1.14 bits per heavy atom. The molecule has 0 saturated heterocycles. The van der Waals surface area contributed by atoms with Crippen LogP contribution in [0.1, 0.15) is 29.3 Å². The molecule has 1 unspecified atom stereocenters. The third-order valence-electron chi connectivity index (χ3n) is 3.78. The summed E-state index contributed by atoms with van der Waals surface area (Å²) >= 11 is 7.86. The molecule has 0 radical (unpaired) electrons. The summed E-state index contributed by atoms with van der Waals surface area (Å²) in [6, 6.07) is 8.25. The van der Waals surface area contributed by atoms with E-state index in [1.807, 2.05) is 18.2 Å². The Morgan fingerprint density at radius 2 is 1.86 bits per heavy atom. The van der Waals surface area contributed by atoms with Gasteiger partial charge in [-0.05, 0) is 30.9 Å². The van der Waals surface area contributed by atoms with Gasteiger partial charge in [0.15, 0.2) is 0 Å². The Hall–Kier alpha value is -1.39. The van der Waals surface area contributed by atoms with Gasteiger partial charge in [0.1, 0.15) is 11.5 Å². The fourth-order valence-electron chi connectivity index (χ4n) is 2.76. The number of rotatable bonds is 4. The number of aryl methyl sites for hydroxylation is 1. The molecule has 2 aromatic rings. The predicted molar refractivity (Wildman–Crippen MR) is 88.2 cm³/mol. The van der Waals surface area contributed by atoms with Crippen LogP contribution in [-0.4, -0.2) is 14.2 Å². The summed E-state index contributed by atoms with van der Waals surface area (Å²) in [5.41, 5.74) is 2.34. The largest absolute Gasteiger partial charge is 0.497 e. The lowest BCUT2D eigenvalue weighted by Crippen LogP contribution is -2.15. The quantitative estimate of drug-likeness (QED) is 0.867. The monoisotopic (exact) mass is 323 g/mol. The molecule has 1 aliphatic carbocycles. The zero-order valence-corrected chi connectivity index (χ0v) is 13.7. The first-order valence-electron chi connectivity index (χ1n) is 6.97. The van der Waals surface area contributed by atoms with Crippen LogP contribution in [0.15, 0.2) is 24.3 Å². The molecule has 1 heterocycles. The highest BCUT2D eigenvalue weighted by Gasteiger charge is 2.23. The topological polar surface area (TPSA) is 30.5 Å². The predicted octanol–water partition coefficient (Wildman–Crippen LogP) is 4.91. The summed E-state index contributed by atoms with van der Waals surface area (Å²) in [6.07, 6.45) is 3.43. The minimum Gasteiger partial charge on any atom is -0.497 e. The zero-order valence-electron chi connectivity index (χ0n) is 12.1. The maximum Gasteiger partial charge on any atom is 0.124 e. The Labute approximate surface area is 133 Å². The van der Waals surface area contributed by atoms with E-state index in [0.717, 1.165) is 34.4 Å². The van der Waals surface area contributed by atoms with Gasteiger partial charge >= 0.3 is 0 Å². The standard InChI is InChI=1S/C16H18ClNO2S/c1-19-11-6-10(7-12(8-11)20-2)18-14-4-3-5-15-13(14)9-16(17)21-15/h6-9,14,18H,3-5H2,1-2H3. The van der Waals surface area contributed by atoms with E-state index in [2.05, 4.69) is 11.4 Å². The molecule has 0 bridgehead atoms. The molecule has 0 saturated carbocycles. The number of hydrogen-bond acceptors (Lipinski definition) is 4. The Kier molecular flexibility index (Phi) is 4.27. The number of hydrogen-bond donors (Lipinski definition) is 1. The number of halogens is 1. The number of benzene rings is 1. The van der Waals surface area contributed by atoms with Crippen molar-refractivity contribution < 1.29 is 9.47 Å². The molecule has 21 heavy (non-hydrogen) atoms. The van der Waals surface area contributed by atoms with E-state index < -0.39 is 0 Å². The molecule has 1 N–H and O–H groups in total. The third kappa shape index (κ3) is 3.11. The molecule has 3 nitrogen and oxygen atoms in total. The van der Waals surface area contributed by atoms with E-state index in [1.165, 1.54) is 16.9 Å². The number of fused-ring (bicyclic) bond motifs is 1. The van der Waals surface area contributed by atoms with Gasteiger partial charge in [-0.3, -0.25) is 0 Å². The molecular formula is C16H18ClNO2S. The lowest BCUT2D eigenvalue weighted by atomic mass is 9.94. The SMILES string of the molecule is COc1cc(NC2CCCc3sc(Cl)cc32)cc(OC)c1. The van der Waals surface area contributed by atoms with Gasteiger partial charge in [0, 0.05) is 28.8 Å². The van der Waals surface area contributed by atoms with E-state index in [4.69, 9.17) is 21.1 Å². The van der Waals surface area contributed by atoms with Crippen LogP contribution in [0.5, 0.6) is 11.5 Å². The first kappa shape index (κ1) is 14.5. The number of nitrogens with one attached hydrogen (secondary N) is 1. The number of anilines is 1. The fraction of sp³-hybridized carbons (Fsp3) is 0.375. The van der Waals surface area contributed by atoms with Crippen LogP contribution in [0.2, 0.25) is 4.34 Å². The van der Waals surface area contributed by atoms with Crippen molar-refractivity contribution in [2.75, 3.05) is 19.5 Å². The second-order valence-electron chi connectivity index (χ2n) is 5.12. The normalized spacial score (nSPS) is 17.2. The van der Waals surface area contributed by atoms with E-state index in [9.17, 15) is 0 Å². The van der Waals surface area contributed by atoms with Gasteiger partial charge in [-0.25, -0.2) is 0 Å². The van der Waals surface area contributed by atoms with Gasteiger partial charge in [-0.15, -0.1) is 11.3 Å². The summed E-state index contributed by atoms with van der Waals surface area (Å²) in [6.45, 7) is 0. The van der Waals surface area contributed by atoms with E-state index in [1.54, 1.807) is 25.6 Å². The van der Waals surface area contributed by atoms with Crippen molar-refractivity contribution in [2.24, 2.45) is 0 Å². The molecular weight excluding hydrogens is 306 g/mol. The Bertz CT molecular complexity index is 619. The maximum atomic E-state index is 6.17. The van der Waals surface area contributed by atoms with Crippen molar-refractivity contribution in [3.63, 3.8) is 0 Å². The van der Waals surface area contributed by atoms with Crippen molar-refractivity contribution in [1.82, 2.24) is 0 Å². The van der Waals surface area contributed by atoms with Crippen LogP contribution in [0.4, 0.5) is 5.69 Å². The highest BCUT2D eigenvalue weighted by molar-refractivity contribution is 7.16. The van der Waals surface area contributed by atoms with E-state index >= 15 is 0 Å². The highest BCUT2D eigenvalue weighted by Crippen LogP contribution is 2.40. The van der Waals surface area contributed by atoms with Crippen LogP contribution in [0, 0.1) is 0 Å². The molecule has 3 rings (SSSR count). The first-order valence-corrected chi connectivity index (χ1v) is 8.16. The smallest absolute Gasteiger partial charge is 0.124 e. The van der Waals surface area contributed by atoms with Gasteiger partial charge in [-0.1, -0.05) is 11.6 Å².